The van der Waals surface area contributed by atoms with Crippen molar-refractivity contribution >= 4 is 32.5 Å². The van der Waals surface area contributed by atoms with Crippen molar-refractivity contribution in [2.75, 3.05) is 6.61 Å². The molecule has 2 saturated heterocycles. The van der Waals surface area contributed by atoms with Gasteiger partial charge in [0.25, 0.3) is 0 Å². The molecule has 1 aromatic heterocycles. The summed E-state index contributed by atoms with van der Waals surface area (Å²) in [6.45, 7) is 0.881. The highest BCUT2D eigenvalue weighted by Gasteiger charge is 2.47. The minimum Gasteiger partial charge on any atom is -0.507 e. The number of aliphatic hydroxyl groups is 6. The largest absolute Gasteiger partial charge is 0.507 e. The van der Waals surface area contributed by atoms with E-state index in [0.717, 1.165) is 6.07 Å². The summed E-state index contributed by atoms with van der Waals surface area (Å²) in [6, 6.07) is 6.27. The van der Waals surface area contributed by atoms with E-state index >= 15 is 0 Å². The molecule has 2 aliphatic heterocycles. The van der Waals surface area contributed by atoms with Gasteiger partial charge in [0, 0.05) is 16.2 Å². The van der Waals surface area contributed by atoms with Gasteiger partial charge in [0.05, 0.1) is 23.5 Å². The van der Waals surface area contributed by atoms with Gasteiger partial charge >= 0.3 is 5.63 Å². The maximum atomic E-state index is 12.8. The summed E-state index contributed by atoms with van der Waals surface area (Å²) in [5, 5.41) is 103. The molecule has 0 saturated carbocycles. The van der Waals surface area contributed by atoms with E-state index in [0.29, 0.717) is 0 Å². The number of benzene rings is 3. The monoisotopic (exact) mass is 634 g/mol. The first-order valence-corrected chi connectivity index (χ1v) is 13.8. The molecule has 45 heavy (non-hydrogen) atoms. The van der Waals surface area contributed by atoms with E-state index in [1.54, 1.807) is 0 Å². The van der Waals surface area contributed by atoms with Crippen molar-refractivity contribution < 1.29 is 74.4 Å². The fourth-order valence-corrected chi connectivity index (χ4v) is 5.63. The first-order chi connectivity index (χ1) is 21.3. The Balaban J connectivity index is 1.38. The number of hydrogen-bond donors (Lipinski definition) is 10. The number of rotatable bonds is 5. The lowest BCUT2D eigenvalue weighted by Gasteiger charge is -2.42. The van der Waals surface area contributed by atoms with Gasteiger partial charge in [-0.25, -0.2) is 4.79 Å². The van der Waals surface area contributed by atoms with Crippen LogP contribution in [-0.4, -0.2) is 119 Å². The van der Waals surface area contributed by atoms with E-state index in [2.05, 4.69) is 0 Å². The SMILES string of the molecule is CC1OC(OCC2OC(Oc3cc4c(oc(=O)c5cc(O)c(O)c(O)c54)c4cccc(O)c34)C(O)C(O)C2O)C(O)C(O)C1O. The van der Waals surface area contributed by atoms with Crippen molar-refractivity contribution in [2.24, 2.45) is 0 Å². The van der Waals surface area contributed by atoms with Gasteiger partial charge in [0.1, 0.15) is 59.8 Å². The first kappa shape index (κ1) is 31.0. The highest BCUT2D eigenvalue weighted by Crippen LogP contribution is 2.47. The number of hydrogen-bond acceptors (Lipinski definition) is 16. The van der Waals surface area contributed by atoms with Crippen LogP contribution >= 0.6 is 0 Å². The maximum Gasteiger partial charge on any atom is 0.344 e. The standard InChI is InChI=1S/C29H30O16/c1-8-18(32)22(36)24(38)28(42-8)41-7-15-20(34)23(37)25(39)29(44-15)43-14-6-10-16-11(5-13(31)19(33)21(16)35)27(40)45-26(10)9-3-2-4-12(30)17(9)14/h2-6,8,15,18,20,22-25,28-39H,7H2,1H3. The van der Waals surface area contributed by atoms with Gasteiger partial charge in [-0.3, -0.25) is 0 Å². The van der Waals surface area contributed by atoms with E-state index < -0.39 is 90.9 Å². The van der Waals surface area contributed by atoms with Crippen molar-refractivity contribution in [3.8, 4) is 28.7 Å². The zero-order valence-corrected chi connectivity index (χ0v) is 23.3. The zero-order chi connectivity index (χ0) is 32.5. The molecule has 16 heteroatoms. The molecule has 242 valence electrons. The van der Waals surface area contributed by atoms with Crippen molar-refractivity contribution in [1.29, 1.82) is 0 Å². The predicted octanol–water partition coefficient (Wildman–Crippen LogP) is -1.05. The van der Waals surface area contributed by atoms with Gasteiger partial charge in [0.15, 0.2) is 17.8 Å². The lowest BCUT2D eigenvalue weighted by molar-refractivity contribution is -0.318. The van der Waals surface area contributed by atoms with E-state index in [4.69, 9.17) is 23.4 Å². The third-order valence-corrected chi connectivity index (χ3v) is 8.14. The summed E-state index contributed by atoms with van der Waals surface area (Å²) in [7, 11) is 0. The highest BCUT2D eigenvalue weighted by atomic mass is 16.7. The zero-order valence-electron chi connectivity index (χ0n) is 23.3. The van der Waals surface area contributed by atoms with Crippen LogP contribution in [0.1, 0.15) is 6.92 Å². The van der Waals surface area contributed by atoms with Crippen LogP contribution in [0.15, 0.2) is 39.5 Å². The molecule has 0 radical (unpaired) electrons. The van der Waals surface area contributed by atoms with E-state index in [1.165, 1.54) is 31.2 Å². The van der Waals surface area contributed by atoms with Gasteiger partial charge in [-0.1, -0.05) is 12.1 Å². The second-order valence-electron chi connectivity index (χ2n) is 11.0. The molecule has 4 aromatic rings. The highest BCUT2D eigenvalue weighted by molar-refractivity contribution is 6.19. The summed E-state index contributed by atoms with van der Waals surface area (Å²) < 4.78 is 28.0. The summed E-state index contributed by atoms with van der Waals surface area (Å²) in [5.41, 5.74) is -1.11. The predicted molar refractivity (Wildman–Crippen MR) is 150 cm³/mol. The Morgan fingerprint density at radius 3 is 2.13 bits per heavy atom. The summed E-state index contributed by atoms with van der Waals surface area (Å²) in [4.78, 5) is 12.8. The van der Waals surface area contributed by atoms with Crippen LogP contribution in [0.5, 0.6) is 28.7 Å². The topological polar surface area (TPSA) is 269 Å². The molecule has 3 heterocycles. The number of phenols is 4. The van der Waals surface area contributed by atoms with Crippen LogP contribution in [0.3, 0.4) is 0 Å². The van der Waals surface area contributed by atoms with Crippen molar-refractivity contribution in [3.63, 3.8) is 0 Å². The van der Waals surface area contributed by atoms with Crippen molar-refractivity contribution in [2.45, 2.75) is 68.3 Å². The number of ether oxygens (including phenoxy) is 4. The minimum atomic E-state index is -1.87. The number of phenolic OH excluding ortho intramolecular Hbond substituents is 4. The first-order valence-electron chi connectivity index (χ1n) is 13.8. The average molecular weight is 635 g/mol. The molecule has 0 amide bonds. The van der Waals surface area contributed by atoms with Crippen LogP contribution in [0.4, 0.5) is 0 Å². The lowest BCUT2D eigenvalue weighted by Crippen LogP contribution is -2.61. The molecule has 3 aromatic carbocycles. The second kappa shape index (κ2) is 11.4. The molecule has 16 nitrogen and oxygen atoms in total. The number of fused-ring (bicyclic) bond motifs is 5. The van der Waals surface area contributed by atoms with Crippen LogP contribution in [0.25, 0.3) is 32.5 Å². The maximum absolute atomic E-state index is 12.8. The third-order valence-electron chi connectivity index (χ3n) is 8.14. The van der Waals surface area contributed by atoms with Gasteiger partial charge in [-0.05, 0) is 25.1 Å². The van der Waals surface area contributed by atoms with E-state index in [1.807, 2.05) is 0 Å². The molecule has 0 bridgehead atoms. The lowest BCUT2D eigenvalue weighted by atomic mass is 9.98. The average Bonchev–Trinajstić information content (AvgIpc) is 3.01. The van der Waals surface area contributed by atoms with Gasteiger partial charge in [-0.2, -0.15) is 0 Å². The Morgan fingerprint density at radius 1 is 0.711 bits per heavy atom. The fourth-order valence-electron chi connectivity index (χ4n) is 5.63. The Labute approximate surface area is 251 Å². The third kappa shape index (κ3) is 5.05. The van der Waals surface area contributed by atoms with E-state index in [9.17, 15) is 55.9 Å². The Hall–Kier alpha value is -3.97. The van der Waals surface area contributed by atoms with Gasteiger partial charge < -0.3 is 74.4 Å². The summed E-state index contributed by atoms with van der Waals surface area (Å²) >= 11 is 0. The van der Waals surface area contributed by atoms with Gasteiger partial charge in [-0.15, -0.1) is 0 Å². The van der Waals surface area contributed by atoms with Gasteiger partial charge in [0.2, 0.25) is 12.0 Å². The van der Waals surface area contributed by atoms with Crippen molar-refractivity contribution in [1.82, 2.24) is 0 Å². The molecule has 10 atom stereocenters. The molecule has 10 unspecified atom stereocenters. The fraction of sp³-hybridized carbons (Fsp3) is 0.414. The molecular weight excluding hydrogens is 604 g/mol. The van der Waals surface area contributed by atoms with Crippen LogP contribution in [0, 0.1) is 0 Å². The normalized spacial score (nSPS) is 32.3. The molecule has 2 aliphatic rings. The number of aromatic hydroxyl groups is 4. The molecule has 10 N–H and O–H groups in total. The summed E-state index contributed by atoms with van der Waals surface area (Å²) in [6.07, 6.45) is -15.6. The molecule has 6 rings (SSSR count). The van der Waals surface area contributed by atoms with Crippen LogP contribution in [-0.2, 0) is 14.2 Å². The molecule has 2 fully saturated rings. The van der Waals surface area contributed by atoms with Crippen LogP contribution < -0.4 is 10.4 Å². The quantitative estimate of drug-likeness (QED) is 0.0713. The van der Waals surface area contributed by atoms with Crippen molar-refractivity contribution in [3.05, 3.63) is 40.8 Å². The second-order valence-corrected chi connectivity index (χ2v) is 11.0. The van der Waals surface area contributed by atoms with Crippen LogP contribution in [0.2, 0.25) is 0 Å². The van der Waals surface area contributed by atoms with E-state index in [-0.39, 0.29) is 44.0 Å². The molecular formula is C29H30O16. The summed E-state index contributed by atoms with van der Waals surface area (Å²) in [5.74, 6) is -3.14. The number of aliphatic hydroxyl groups excluding tert-OH is 6. The molecule has 0 spiro atoms. The smallest absolute Gasteiger partial charge is 0.344 e. The molecule has 0 aliphatic carbocycles. The minimum absolute atomic E-state index is 0.0189. The Bertz CT molecular complexity index is 1820. The Morgan fingerprint density at radius 2 is 1.40 bits per heavy atom. The Kier molecular flexibility index (Phi) is 7.88.